The fourth-order valence-electron chi connectivity index (χ4n) is 3.61. The van der Waals surface area contributed by atoms with Crippen LogP contribution in [0.1, 0.15) is 60.6 Å². The number of carbonyl (C=O) groups excluding carboxylic acids is 2. The van der Waals surface area contributed by atoms with Gasteiger partial charge in [-0.25, -0.2) is 0 Å². The summed E-state index contributed by atoms with van der Waals surface area (Å²) in [6.07, 6.45) is 6.80. The van der Waals surface area contributed by atoms with Crippen LogP contribution in [0.2, 0.25) is 0 Å². The molecule has 8 heteroatoms. The molecule has 1 aliphatic carbocycles. The van der Waals surface area contributed by atoms with Gasteiger partial charge >= 0.3 is 0 Å². The number of nitrogens with zero attached hydrogens (tertiary/aromatic N) is 5. The third kappa shape index (κ3) is 4.05. The molecule has 0 unspecified atom stereocenters. The number of likely N-dealkylation sites (tertiary alicyclic amines) is 1. The maximum Gasteiger partial charge on any atom is 0.253 e. The number of pyridine rings is 1. The topological polar surface area (TPSA) is 92.4 Å². The van der Waals surface area contributed by atoms with Crippen molar-refractivity contribution in [1.29, 1.82) is 0 Å². The molecule has 2 aromatic rings. The lowest BCUT2D eigenvalue weighted by Gasteiger charge is -2.33. The highest BCUT2D eigenvalue weighted by molar-refractivity contribution is 5.94. The first kappa shape index (κ1) is 18.6. The van der Waals surface area contributed by atoms with Crippen LogP contribution in [0.25, 0.3) is 0 Å². The molecule has 8 nitrogen and oxygen atoms in total. The van der Waals surface area contributed by atoms with Crippen molar-refractivity contribution in [3.8, 4) is 0 Å². The van der Waals surface area contributed by atoms with Gasteiger partial charge in [-0.15, -0.1) is 0 Å². The van der Waals surface area contributed by atoms with Gasteiger partial charge in [-0.05, 0) is 44.7 Å². The van der Waals surface area contributed by atoms with E-state index in [2.05, 4.69) is 15.1 Å². The average Bonchev–Trinajstić information content (AvgIpc) is 3.50. The molecule has 1 saturated carbocycles. The van der Waals surface area contributed by atoms with Gasteiger partial charge in [0.05, 0.1) is 6.54 Å². The lowest BCUT2D eigenvalue weighted by atomic mass is 9.94. The number of piperidine rings is 1. The highest BCUT2D eigenvalue weighted by Crippen LogP contribution is 2.38. The van der Waals surface area contributed by atoms with Crippen molar-refractivity contribution in [3.05, 3.63) is 41.8 Å². The molecule has 4 rings (SSSR count). The molecular weight excluding hydrogens is 358 g/mol. The normalized spacial score (nSPS) is 17.5. The van der Waals surface area contributed by atoms with E-state index in [9.17, 15) is 9.59 Å². The van der Waals surface area contributed by atoms with Crippen molar-refractivity contribution in [2.24, 2.45) is 5.92 Å². The highest BCUT2D eigenvalue weighted by Gasteiger charge is 2.32. The number of rotatable bonds is 6. The largest absolute Gasteiger partial charge is 0.339 e. The lowest BCUT2D eigenvalue weighted by molar-refractivity contribution is -0.137. The standard InChI is InChI=1S/C20H25N5O3/c1-2-24(13-17-22-18(28-23-17)14-3-4-14)19(26)16-7-11-25(12-8-16)20(27)15-5-9-21-10-6-15/h5-6,9-10,14,16H,2-4,7-8,11-13H2,1H3. The van der Waals surface area contributed by atoms with Crippen molar-refractivity contribution >= 4 is 11.8 Å². The Morgan fingerprint density at radius 3 is 2.54 bits per heavy atom. The Kier molecular flexibility index (Phi) is 5.36. The van der Waals surface area contributed by atoms with Crippen LogP contribution in [0.4, 0.5) is 0 Å². The molecule has 0 atom stereocenters. The van der Waals surface area contributed by atoms with Crippen LogP contribution in [0.15, 0.2) is 29.0 Å². The van der Waals surface area contributed by atoms with Gasteiger partial charge in [0.15, 0.2) is 5.82 Å². The summed E-state index contributed by atoms with van der Waals surface area (Å²) in [4.78, 5) is 37.5. The van der Waals surface area contributed by atoms with Crippen LogP contribution in [0, 0.1) is 5.92 Å². The molecule has 1 aliphatic heterocycles. The molecule has 0 bridgehead atoms. The van der Waals surface area contributed by atoms with Crippen LogP contribution >= 0.6 is 0 Å². The first-order valence-corrected chi connectivity index (χ1v) is 9.96. The number of carbonyl (C=O) groups is 2. The van der Waals surface area contributed by atoms with Crippen molar-refractivity contribution in [2.75, 3.05) is 19.6 Å². The summed E-state index contributed by atoms with van der Waals surface area (Å²) in [7, 11) is 0. The Labute approximate surface area is 163 Å². The van der Waals surface area contributed by atoms with Gasteiger partial charge in [0, 0.05) is 49.4 Å². The second-order valence-corrected chi connectivity index (χ2v) is 7.48. The summed E-state index contributed by atoms with van der Waals surface area (Å²) in [5.74, 6) is 1.71. The van der Waals surface area contributed by atoms with Crippen LogP contribution in [0.3, 0.4) is 0 Å². The first-order chi connectivity index (χ1) is 13.7. The second kappa shape index (κ2) is 8.08. The maximum atomic E-state index is 13.0. The molecular formula is C20H25N5O3. The molecule has 0 aromatic carbocycles. The first-order valence-electron chi connectivity index (χ1n) is 9.96. The van der Waals surface area contributed by atoms with Crippen LogP contribution in [-0.2, 0) is 11.3 Å². The summed E-state index contributed by atoms with van der Waals surface area (Å²) >= 11 is 0. The number of hydrogen-bond donors (Lipinski definition) is 0. The summed E-state index contributed by atoms with van der Waals surface area (Å²) in [5.41, 5.74) is 0.638. The minimum atomic E-state index is -0.0729. The van der Waals surface area contributed by atoms with E-state index in [-0.39, 0.29) is 17.7 Å². The Morgan fingerprint density at radius 1 is 1.18 bits per heavy atom. The van der Waals surface area contributed by atoms with Gasteiger partial charge in [-0.2, -0.15) is 4.98 Å². The Morgan fingerprint density at radius 2 is 1.89 bits per heavy atom. The fraction of sp³-hybridized carbons (Fsp3) is 0.550. The van der Waals surface area contributed by atoms with Gasteiger partial charge in [0.25, 0.3) is 5.91 Å². The fourth-order valence-corrected chi connectivity index (χ4v) is 3.61. The Bertz CT molecular complexity index is 825. The number of hydrogen-bond acceptors (Lipinski definition) is 6. The molecule has 2 fully saturated rings. The maximum absolute atomic E-state index is 13.0. The van der Waals surface area contributed by atoms with Crippen LogP contribution in [0.5, 0.6) is 0 Å². The van der Waals surface area contributed by atoms with Crippen molar-refractivity contribution in [3.63, 3.8) is 0 Å². The van der Waals surface area contributed by atoms with Crippen molar-refractivity contribution in [2.45, 2.75) is 45.1 Å². The summed E-state index contributed by atoms with van der Waals surface area (Å²) in [6, 6.07) is 3.44. The molecule has 0 radical (unpaired) electrons. The van der Waals surface area contributed by atoms with Gasteiger partial charge < -0.3 is 14.3 Å². The predicted octanol–water partition coefficient (Wildman–Crippen LogP) is 2.24. The second-order valence-electron chi connectivity index (χ2n) is 7.48. The summed E-state index contributed by atoms with van der Waals surface area (Å²) in [6.45, 7) is 4.11. The summed E-state index contributed by atoms with van der Waals surface area (Å²) < 4.78 is 5.29. The number of aromatic nitrogens is 3. The van der Waals surface area contributed by atoms with E-state index >= 15 is 0 Å². The smallest absolute Gasteiger partial charge is 0.253 e. The highest BCUT2D eigenvalue weighted by atomic mass is 16.5. The molecule has 2 aromatic heterocycles. The number of amides is 2. The third-order valence-electron chi connectivity index (χ3n) is 5.49. The SMILES string of the molecule is CCN(Cc1noc(C2CC2)n1)C(=O)C1CCN(C(=O)c2ccncc2)CC1. The van der Waals surface area contributed by atoms with Crippen molar-refractivity contribution in [1.82, 2.24) is 24.9 Å². The van der Waals surface area contributed by atoms with E-state index in [0.29, 0.717) is 62.2 Å². The minimum absolute atomic E-state index is 0.0000455. The Balaban J connectivity index is 1.32. The quantitative estimate of drug-likeness (QED) is 0.760. The minimum Gasteiger partial charge on any atom is -0.339 e. The molecule has 0 N–H and O–H groups in total. The van der Waals surface area contributed by atoms with Gasteiger partial charge in [-0.1, -0.05) is 5.16 Å². The van der Waals surface area contributed by atoms with E-state index in [1.54, 1.807) is 29.4 Å². The molecule has 2 aliphatic rings. The van der Waals surface area contributed by atoms with Crippen LogP contribution < -0.4 is 0 Å². The van der Waals surface area contributed by atoms with Crippen molar-refractivity contribution < 1.29 is 14.1 Å². The molecule has 0 spiro atoms. The molecule has 3 heterocycles. The van der Waals surface area contributed by atoms with Crippen LogP contribution in [-0.4, -0.2) is 56.4 Å². The molecule has 1 saturated heterocycles. The third-order valence-corrected chi connectivity index (χ3v) is 5.49. The van der Waals surface area contributed by atoms with E-state index in [1.807, 2.05) is 11.8 Å². The monoisotopic (exact) mass is 383 g/mol. The van der Waals surface area contributed by atoms with E-state index < -0.39 is 0 Å². The van der Waals surface area contributed by atoms with Gasteiger partial charge in [0.1, 0.15) is 0 Å². The zero-order valence-electron chi connectivity index (χ0n) is 16.1. The average molecular weight is 383 g/mol. The summed E-state index contributed by atoms with van der Waals surface area (Å²) in [5, 5.41) is 4.02. The van der Waals surface area contributed by atoms with Gasteiger partial charge in [0.2, 0.25) is 11.8 Å². The lowest BCUT2D eigenvalue weighted by Crippen LogP contribution is -2.44. The molecule has 28 heavy (non-hydrogen) atoms. The van der Waals surface area contributed by atoms with E-state index in [0.717, 1.165) is 12.8 Å². The predicted molar refractivity (Wildman–Crippen MR) is 100 cm³/mol. The Hall–Kier alpha value is -2.77. The zero-order chi connectivity index (χ0) is 19.5. The zero-order valence-corrected chi connectivity index (χ0v) is 16.1. The molecule has 2 amide bonds. The van der Waals surface area contributed by atoms with E-state index in [1.165, 1.54) is 0 Å². The molecule has 148 valence electrons. The van der Waals surface area contributed by atoms with E-state index in [4.69, 9.17) is 4.52 Å². The van der Waals surface area contributed by atoms with Gasteiger partial charge in [-0.3, -0.25) is 14.6 Å².